The molecule has 1 fully saturated rings. The van der Waals surface area contributed by atoms with E-state index in [-0.39, 0.29) is 17.9 Å². The molecule has 2 amide bonds. The molecule has 1 aromatic rings. The van der Waals surface area contributed by atoms with Crippen LogP contribution in [0.5, 0.6) is 0 Å². The van der Waals surface area contributed by atoms with Crippen LogP contribution in [0, 0.1) is 0 Å². The standard InChI is InChI=1S/C17H24N4O2/c1-13(22)19-15-5-3-8-21(11-15)17(23)12-20-9-6-16-14(10-20)4-2-7-18-16/h2,4,7,15H,3,5-6,8-12H2,1H3,(H,19,22). The van der Waals surface area contributed by atoms with E-state index in [4.69, 9.17) is 0 Å². The molecule has 1 atom stereocenters. The quantitative estimate of drug-likeness (QED) is 0.885. The van der Waals surface area contributed by atoms with E-state index in [9.17, 15) is 9.59 Å². The second-order valence-electron chi connectivity index (χ2n) is 6.45. The van der Waals surface area contributed by atoms with Crippen molar-refractivity contribution in [2.75, 3.05) is 26.2 Å². The average molecular weight is 316 g/mol. The number of nitrogens with one attached hydrogen (secondary N) is 1. The third-order valence-electron chi connectivity index (χ3n) is 4.58. The Kier molecular flexibility index (Phi) is 4.91. The molecule has 1 saturated heterocycles. The number of fused-ring (bicyclic) bond motifs is 1. The van der Waals surface area contributed by atoms with E-state index in [1.54, 1.807) is 0 Å². The van der Waals surface area contributed by atoms with Gasteiger partial charge in [-0.15, -0.1) is 0 Å². The molecular formula is C17H24N4O2. The summed E-state index contributed by atoms with van der Waals surface area (Å²) in [7, 11) is 0. The second kappa shape index (κ2) is 7.08. The summed E-state index contributed by atoms with van der Waals surface area (Å²) in [6.07, 6.45) is 4.63. The highest BCUT2D eigenvalue weighted by molar-refractivity contribution is 5.78. The number of aromatic nitrogens is 1. The Morgan fingerprint density at radius 2 is 2.26 bits per heavy atom. The molecule has 0 spiro atoms. The number of likely N-dealkylation sites (tertiary alicyclic amines) is 1. The number of rotatable bonds is 3. The molecule has 1 unspecified atom stereocenters. The van der Waals surface area contributed by atoms with Crippen LogP contribution in [0.25, 0.3) is 0 Å². The highest BCUT2D eigenvalue weighted by atomic mass is 16.2. The average Bonchev–Trinajstić information content (AvgIpc) is 2.54. The van der Waals surface area contributed by atoms with Crippen molar-refractivity contribution < 1.29 is 9.59 Å². The van der Waals surface area contributed by atoms with Crippen molar-refractivity contribution in [3.63, 3.8) is 0 Å². The lowest BCUT2D eigenvalue weighted by Crippen LogP contribution is -2.51. The molecule has 0 bridgehead atoms. The topological polar surface area (TPSA) is 65.5 Å². The number of piperidine rings is 1. The number of nitrogens with zero attached hydrogens (tertiary/aromatic N) is 3. The number of carbonyl (C=O) groups is 2. The van der Waals surface area contributed by atoms with Gasteiger partial charge in [0.25, 0.3) is 0 Å². The van der Waals surface area contributed by atoms with E-state index in [1.807, 2.05) is 17.2 Å². The maximum atomic E-state index is 12.6. The summed E-state index contributed by atoms with van der Waals surface area (Å²) in [6, 6.07) is 4.14. The number of hydrogen-bond donors (Lipinski definition) is 1. The Hall–Kier alpha value is -1.95. The Morgan fingerprint density at radius 3 is 3.09 bits per heavy atom. The molecule has 1 aromatic heterocycles. The minimum Gasteiger partial charge on any atom is -0.352 e. The predicted molar refractivity (Wildman–Crippen MR) is 86.6 cm³/mol. The van der Waals surface area contributed by atoms with Crippen LogP contribution in [-0.4, -0.2) is 58.8 Å². The predicted octanol–water partition coefficient (Wildman–Crippen LogP) is 0.567. The monoisotopic (exact) mass is 316 g/mol. The first-order valence-electron chi connectivity index (χ1n) is 8.32. The lowest BCUT2D eigenvalue weighted by molar-refractivity contribution is -0.134. The van der Waals surface area contributed by atoms with Crippen molar-refractivity contribution in [2.24, 2.45) is 0 Å². The van der Waals surface area contributed by atoms with Crippen LogP contribution in [0.2, 0.25) is 0 Å². The zero-order valence-electron chi connectivity index (χ0n) is 13.6. The molecule has 6 nitrogen and oxygen atoms in total. The van der Waals surface area contributed by atoms with E-state index in [1.165, 1.54) is 12.5 Å². The fourth-order valence-corrected chi connectivity index (χ4v) is 3.46. The van der Waals surface area contributed by atoms with Crippen LogP contribution in [0.1, 0.15) is 31.0 Å². The summed E-state index contributed by atoms with van der Waals surface area (Å²) in [4.78, 5) is 32.2. The van der Waals surface area contributed by atoms with Crippen molar-refractivity contribution in [3.8, 4) is 0 Å². The van der Waals surface area contributed by atoms with Crippen molar-refractivity contribution in [1.29, 1.82) is 0 Å². The maximum Gasteiger partial charge on any atom is 0.236 e. The molecule has 0 radical (unpaired) electrons. The van der Waals surface area contributed by atoms with Gasteiger partial charge in [0.1, 0.15) is 0 Å². The van der Waals surface area contributed by atoms with Gasteiger partial charge in [0, 0.05) is 57.5 Å². The van der Waals surface area contributed by atoms with Crippen LogP contribution in [-0.2, 0) is 22.6 Å². The molecule has 6 heteroatoms. The lowest BCUT2D eigenvalue weighted by atomic mass is 10.0. The van der Waals surface area contributed by atoms with Crippen LogP contribution < -0.4 is 5.32 Å². The number of carbonyl (C=O) groups excluding carboxylic acids is 2. The van der Waals surface area contributed by atoms with Gasteiger partial charge in [-0.2, -0.15) is 0 Å². The molecule has 2 aliphatic heterocycles. The lowest BCUT2D eigenvalue weighted by Gasteiger charge is -2.35. The Morgan fingerprint density at radius 1 is 1.39 bits per heavy atom. The van der Waals surface area contributed by atoms with Crippen molar-refractivity contribution in [1.82, 2.24) is 20.1 Å². The van der Waals surface area contributed by atoms with Gasteiger partial charge >= 0.3 is 0 Å². The Bertz CT molecular complexity index is 590. The van der Waals surface area contributed by atoms with Gasteiger partial charge in [0.15, 0.2) is 0 Å². The molecule has 3 heterocycles. The van der Waals surface area contributed by atoms with Crippen LogP contribution in [0.4, 0.5) is 0 Å². The van der Waals surface area contributed by atoms with Crippen LogP contribution in [0.3, 0.4) is 0 Å². The minimum atomic E-state index is -0.0237. The molecule has 1 N–H and O–H groups in total. The third-order valence-corrected chi connectivity index (χ3v) is 4.58. The zero-order valence-corrected chi connectivity index (χ0v) is 13.6. The van der Waals surface area contributed by atoms with Crippen LogP contribution in [0.15, 0.2) is 18.3 Å². The Labute approximate surface area is 136 Å². The Balaban J connectivity index is 1.54. The molecule has 23 heavy (non-hydrogen) atoms. The van der Waals surface area contributed by atoms with Crippen molar-refractivity contribution >= 4 is 11.8 Å². The molecular weight excluding hydrogens is 292 g/mol. The minimum absolute atomic E-state index is 0.0237. The number of hydrogen-bond acceptors (Lipinski definition) is 4. The van der Waals surface area contributed by atoms with Gasteiger partial charge in [0.2, 0.25) is 11.8 Å². The first-order valence-corrected chi connectivity index (χ1v) is 8.32. The summed E-state index contributed by atoms with van der Waals surface area (Å²) in [5.41, 5.74) is 2.38. The van der Waals surface area contributed by atoms with Gasteiger partial charge in [-0.05, 0) is 24.5 Å². The summed E-state index contributed by atoms with van der Waals surface area (Å²) >= 11 is 0. The van der Waals surface area contributed by atoms with Gasteiger partial charge in [-0.3, -0.25) is 19.5 Å². The van der Waals surface area contributed by atoms with Gasteiger partial charge in [-0.1, -0.05) is 6.07 Å². The van der Waals surface area contributed by atoms with Gasteiger partial charge < -0.3 is 10.2 Å². The molecule has 0 saturated carbocycles. The van der Waals surface area contributed by atoms with E-state index < -0.39 is 0 Å². The second-order valence-corrected chi connectivity index (χ2v) is 6.45. The largest absolute Gasteiger partial charge is 0.352 e. The van der Waals surface area contributed by atoms with Gasteiger partial charge in [-0.25, -0.2) is 0 Å². The van der Waals surface area contributed by atoms with Gasteiger partial charge in [0.05, 0.1) is 6.54 Å². The normalized spacial score (nSPS) is 21.6. The van der Waals surface area contributed by atoms with E-state index in [2.05, 4.69) is 21.3 Å². The first-order chi connectivity index (χ1) is 11.1. The smallest absolute Gasteiger partial charge is 0.236 e. The third kappa shape index (κ3) is 4.07. The fraction of sp³-hybridized carbons (Fsp3) is 0.588. The maximum absolute atomic E-state index is 12.6. The highest BCUT2D eigenvalue weighted by Crippen LogP contribution is 2.17. The van der Waals surface area contributed by atoms with Crippen molar-refractivity contribution in [3.05, 3.63) is 29.6 Å². The molecule has 124 valence electrons. The van der Waals surface area contributed by atoms with Crippen molar-refractivity contribution in [2.45, 2.75) is 38.8 Å². The molecule has 3 rings (SSSR count). The molecule has 2 aliphatic rings. The summed E-state index contributed by atoms with van der Waals surface area (Å²) in [5.74, 6) is 0.136. The number of amides is 2. The fourth-order valence-electron chi connectivity index (χ4n) is 3.46. The first kappa shape index (κ1) is 15.9. The zero-order chi connectivity index (χ0) is 16.2. The SMILES string of the molecule is CC(=O)NC1CCCN(C(=O)CN2CCc3ncccc3C2)C1. The summed E-state index contributed by atoms with van der Waals surface area (Å²) < 4.78 is 0. The summed E-state index contributed by atoms with van der Waals surface area (Å²) in [5, 5.41) is 2.93. The van der Waals surface area contributed by atoms with Crippen LogP contribution >= 0.6 is 0 Å². The van der Waals surface area contributed by atoms with E-state index in [0.29, 0.717) is 13.1 Å². The molecule has 0 aliphatic carbocycles. The van der Waals surface area contributed by atoms with E-state index >= 15 is 0 Å². The summed E-state index contributed by atoms with van der Waals surface area (Å²) in [6.45, 7) is 5.06. The number of pyridine rings is 1. The molecule has 0 aromatic carbocycles. The van der Waals surface area contributed by atoms with E-state index in [0.717, 1.165) is 44.6 Å². The highest BCUT2D eigenvalue weighted by Gasteiger charge is 2.26.